The average Bonchev–Trinajstić information content (AvgIpc) is 2.50. The van der Waals surface area contributed by atoms with Gasteiger partial charge in [-0.25, -0.2) is 8.42 Å². The van der Waals surface area contributed by atoms with Crippen LogP contribution in [0.25, 0.3) is 0 Å². The number of aryl methyl sites for hydroxylation is 1. The summed E-state index contributed by atoms with van der Waals surface area (Å²) in [7, 11) is -3.79. The first-order valence-corrected chi connectivity index (χ1v) is 9.25. The number of carbonyl (C=O) groups excluding carboxylic acids is 1. The Kier molecular flexibility index (Phi) is 5.51. The molecule has 2 aromatic rings. The molecule has 0 unspecified atom stereocenters. The van der Waals surface area contributed by atoms with Crippen molar-refractivity contribution in [3.05, 3.63) is 53.1 Å². The Morgan fingerprint density at radius 3 is 2.25 bits per heavy atom. The second kappa shape index (κ2) is 7.23. The summed E-state index contributed by atoms with van der Waals surface area (Å²) in [5.74, 6) is -0.449. The van der Waals surface area contributed by atoms with Gasteiger partial charge in [-0.1, -0.05) is 43.1 Å². The lowest BCUT2D eigenvalue weighted by Gasteiger charge is -2.15. The van der Waals surface area contributed by atoms with Crippen molar-refractivity contribution in [2.24, 2.45) is 5.92 Å². The van der Waals surface area contributed by atoms with Gasteiger partial charge in [-0.2, -0.15) is 0 Å². The first kappa shape index (κ1) is 18.3. The van der Waals surface area contributed by atoms with E-state index in [9.17, 15) is 13.2 Å². The van der Waals surface area contributed by atoms with Crippen LogP contribution in [-0.4, -0.2) is 14.3 Å². The summed E-state index contributed by atoms with van der Waals surface area (Å²) in [6.07, 6.45) is 0. The van der Waals surface area contributed by atoms with E-state index in [2.05, 4.69) is 10.0 Å². The maximum atomic E-state index is 12.5. The van der Waals surface area contributed by atoms with Gasteiger partial charge in [0.25, 0.3) is 10.0 Å². The van der Waals surface area contributed by atoms with E-state index in [0.717, 1.165) is 5.56 Å². The molecule has 0 heterocycles. The number of nitrogens with one attached hydrogen (secondary N) is 2. The van der Waals surface area contributed by atoms with E-state index in [1.54, 1.807) is 38.1 Å². The van der Waals surface area contributed by atoms with Gasteiger partial charge in [-0.3, -0.25) is 9.52 Å². The molecule has 0 radical (unpaired) electrons. The molecule has 128 valence electrons. The number of halogens is 1. The Labute approximate surface area is 147 Å². The molecule has 24 heavy (non-hydrogen) atoms. The van der Waals surface area contributed by atoms with Crippen molar-refractivity contribution >= 4 is 38.9 Å². The summed E-state index contributed by atoms with van der Waals surface area (Å²) in [5, 5.41) is 3.06. The third-order valence-electron chi connectivity index (χ3n) is 3.34. The van der Waals surface area contributed by atoms with Crippen molar-refractivity contribution in [2.45, 2.75) is 25.7 Å². The number of rotatable bonds is 5. The predicted molar refractivity (Wildman–Crippen MR) is 96.9 cm³/mol. The highest BCUT2D eigenvalue weighted by atomic mass is 35.5. The molecule has 0 aliphatic carbocycles. The van der Waals surface area contributed by atoms with Gasteiger partial charge in [0, 0.05) is 10.9 Å². The SMILES string of the molecule is Cc1ccc(S(=O)(=O)Nc2cc(Cl)ccc2NC(=O)C(C)C)cc1. The van der Waals surface area contributed by atoms with E-state index in [1.807, 2.05) is 6.92 Å². The molecule has 0 bridgehead atoms. The second-order valence-corrected chi connectivity index (χ2v) is 7.87. The normalized spacial score (nSPS) is 11.4. The summed E-state index contributed by atoms with van der Waals surface area (Å²) in [5.41, 5.74) is 1.53. The summed E-state index contributed by atoms with van der Waals surface area (Å²) in [4.78, 5) is 12.0. The summed E-state index contributed by atoms with van der Waals surface area (Å²) in [6.45, 7) is 5.38. The number of hydrogen-bond acceptors (Lipinski definition) is 3. The van der Waals surface area contributed by atoms with Crippen LogP contribution in [0.1, 0.15) is 19.4 Å². The van der Waals surface area contributed by atoms with Gasteiger partial charge < -0.3 is 5.32 Å². The molecule has 0 saturated heterocycles. The van der Waals surface area contributed by atoms with Crippen LogP contribution in [0, 0.1) is 12.8 Å². The number of hydrogen-bond donors (Lipinski definition) is 2. The summed E-state index contributed by atoms with van der Waals surface area (Å²) < 4.78 is 27.5. The van der Waals surface area contributed by atoms with Crippen molar-refractivity contribution in [2.75, 3.05) is 10.0 Å². The van der Waals surface area contributed by atoms with Crippen LogP contribution in [-0.2, 0) is 14.8 Å². The Morgan fingerprint density at radius 2 is 1.67 bits per heavy atom. The molecule has 5 nitrogen and oxygen atoms in total. The van der Waals surface area contributed by atoms with Crippen LogP contribution in [0.5, 0.6) is 0 Å². The highest BCUT2D eigenvalue weighted by Crippen LogP contribution is 2.28. The fourth-order valence-corrected chi connectivity index (χ4v) is 3.15. The molecule has 0 aromatic heterocycles. The third kappa shape index (κ3) is 4.49. The molecule has 0 spiro atoms. The fraction of sp³-hybridized carbons (Fsp3) is 0.235. The summed E-state index contributed by atoms with van der Waals surface area (Å²) >= 11 is 5.96. The van der Waals surface area contributed by atoms with Gasteiger partial charge >= 0.3 is 0 Å². The van der Waals surface area contributed by atoms with Crippen LogP contribution in [0.3, 0.4) is 0 Å². The minimum Gasteiger partial charge on any atom is -0.324 e. The smallest absolute Gasteiger partial charge is 0.261 e. The minimum atomic E-state index is -3.79. The van der Waals surface area contributed by atoms with Crippen LogP contribution in [0.15, 0.2) is 47.4 Å². The zero-order valence-corrected chi connectivity index (χ0v) is 15.2. The number of amides is 1. The van der Waals surface area contributed by atoms with E-state index < -0.39 is 10.0 Å². The molecule has 7 heteroatoms. The molecule has 2 N–H and O–H groups in total. The Bertz CT molecular complexity index is 847. The molecule has 0 atom stereocenters. The number of carbonyl (C=O) groups is 1. The quantitative estimate of drug-likeness (QED) is 0.838. The van der Waals surface area contributed by atoms with E-state index in [-0.39, 0.29) is 22.4 Å². The minimum absolute atomic E-state index is 0.134. The lowest BCUT2D eigenvalue weighted by molar-refractivity contribution is -0.118. The van der Waals surface area contributed by atoms with E-state index in [0.29, 0.717) is 10.7 Å². The predicted octanol–water partition coefficient (Wildman–Crippen LogP) is 4.04. The first-order chi connectivity index (χ1) is 11.2. The van der Waals surface area contributed by atoms with Gasteiger partial charge in [0.15, 0.2) is 0 Å². The second-order valence-electron chi connectivity index (χ2n) is 5.75. The molecule has 1 amide bonds. The van der Waals surface area contributed by atoms with Crippen molar-refractivity contribution < 1.29 is 13.2 Å². The van der Waals surface area contributed by atoms with Crippen molar-refractivity contribution in [3.63, 3.8) is 0 Å². The molecule has 0 aliphatic rings. The largest absolute Gasteiger partial charge is 0.324 e. The fourth-order valence-electron chi connectivity index (χ4n) is 1.91. The maximum Gasteiger partial charge on any atom is 0.261 e. The monoisotopic (exact) mass is 366 g/mol. The van der Waals surface area contributed by atoms with Crippen molar-refractivity contribution in [3.8, 4) is 0 Å². The van der Waals surface area contributed by atoms with Gasteiger partial charge in [-0.15, -0.1) is 0 Å². The average molecular weight is 367 g/mol. The van der Waals surface area contributed by atoms with Gasteiger partial charge in [0.05, 0.1) is 16.3 Å². The Morgan fingerprint density at radius 1 is 1.04 bits per heavy atom. The zero-order chi connectivity index (χ0) is 17.9. The Hall–Kier alpha value is -2.05. The molecule has 0 fully saturated rings. The van der Waals surface area contributed by atoms with E-state index >= 15 is 0 Å². The summed E-state index contributed by atoms with van der Waals surface area (Å²) in [6, 6.07) is 11.1. The third-order valence-corrected chi connectivity index (χ3v) is 4.96. The van der Waals surface area contributed by atoms with Crippen molar-refractivity contribution in [1.29, 1.82) is 0 Å². The highest BCUT2D eigenvalue weighted by Gasteiger charge is 2.18. The van der Waals surface area contributed by atoms with Crippen molar-refractivity contribution in [1.82, 2.24) is 0 Å². The van der Waals surface area contributed by atoms with Gasteiger partial charge in [-0.05, 0) is 37.3 Å². The van der Waals surface area contributed by atoms with Crippen LogP contribution >= 0.6 is 11.6 Å². The number of sulfonamides is 1. The molecule has 2 aromatic carbocycles. The van der Waals surface area contributed by atoms with Gasteiger partial charge in [0.2, 0.25) is 5.91 Å². The highest BCUT2D eigenvalue weighted by molar-refractivity contribution is 7.92. The van der Waals surface area contributed by atoms with Crippen LogP contribution < -0.4 is 10.0 Å². The van der Waals surface area contributed by atoms with Crippen LogP contribution in [0.2, 0.25) is 5.02 Å². The maximum absolute atomic E-state index is 12.5. The zero-order valence-electron chi connectivity index (χ0n) is 13.6. The lowest BCUT2D eigenvalue weighted by Crippen LogP contribution is -2.20. The Balaban J connectivity index is 2.35. The molecular formula is C17H19ClN2O3S. The molecule has 2 rings (SSSR count). The standard InChI is InChI=1S/C17H19ClN2O3S/c1-11(2)17(21)19-15-9-6-13(18)10-16(15)20-24(22,23)14-7-4-12(3)5-8-14/h4-11,20H,1-3H3,(H,19,21). The van der Waals surface area contributed by atoms with Gasteiger partial charge in [0.1, 0.15) is 0 Å². The molecular weight excluding hydrogens is 348 g/mol. The van der Waals surface area contributed by atoms with Crippen LogP contribution in [0.4, 0.5) is 11.4 Å². The lowest BCUT2D eigenvalue weighted by atomic mass is 10.2. The topological polar surface area (TPSA) is 75.3 Å². The number of benzene rings is 2. The molecule has 0 aliphatic heterocycles. The van der Waals surface area contributed by atoms with E-state index in [4.69, 9.17) is 11.6 Å². The first-order valence-electron chi connectivity index (χ1n) is 7.39. The molecule has 0 saturated carbocycles. The van der Waals surface area contributed by atoms with E-state index in [1.165, 1.54) is 18.2 Å². The number of anilines is 2.